The van der Waals surface area contributed by atoms with Crippen LogP contribution >= 0.6 is 0 Å². The van der Waals surface area contributed by atoms with Crippen LogP contribution in [0, 0.1) is 5.92 Å². The monoisotopic (exact) mass is 408 g/mol. The van der Waals surface area contributed by atoms with Crippen molar-refractivity contribution in [3.63, 3.8) is 0 Å². The van der Waals surface area contributed by atoms with E-state index in [0.717, 1.165) is 61.5 Å². The number of hydrogen-bond acceptors (Lipinski definition) is 6. The topological polar surface area (TPSA) is 99.3 Å². The van der Waals surface area contributed by atoms with Crippen molar-refractivity contribution in [2.75, 3.05) is 39.3 Å². The van der Waals surface area contributed by atoms with E-state index < -0.39 is 30.3 Å². The molecule has 29 heavy (non-hydrogen) atoms. The maximum Gasteiger partial charge on any atom is 0.334 e. The number of morpholine rings is 1. The van der Waals surface area contributed by atoms with Gasteiger partial charge in [-0.15, -0.1) is 0 Å². The van der Waals surface area contributed by atoms with Crippen molar-refractivity contribution in [1.82, 2.24) is 20.0 Å². The van der Waals surface area contributed by atoms with Gasteiger partial charge in [0.05, 0.1) is 12.7 Å². The van der Waals surface area contributed by atoms with E-state index >= 15 is 0 Å². The molecule has 3 aliphatic rings. The molecule has 0 aromatic rings. The Balaban J connectivity index is 1.49. The standard InChI is InChI=1S/C20H32N4O5/c1-14(2)11-22-8-9-29-16(12-22)10-21-17(25)13-23-18(26)19(27)24(20(23)28)15-6-4-3-5-7-15/h14-16H,3-13H2,1-2H3,(H,21,25). The second-order valence-electron chi connectivity index (χ2n) is 8.59. The highest BCUT2D eigenvalue weighted by Gasteiger charge is 2.48. The van der Waals surface area contributed by atoms with Crippen LogP contribution < -0.4 is 5.32 Å². The molecule has 1 unspecified atom stereocenters. The summed E-state index contributed by atoms with van der Waals surface area (Å²) in [6.45, 7) is 7.39. The highest BCUT2D eigenvalue weighted by molar-refractivity contribution is 6.45. The molecule has 0 spiro atoms. The van der Waals surface area contributed by atoms with Crippen molar-refractivity contribution in [1.29, 1.82) is 0 Å². The molecule has 162 valence electrons. The van der Waals surface area contributed by atoms with E-state index in [-0.39, 0.29) is 12.1 Å². The van der Waals surface area contributed by atoms with Crippen molar-refractivity contribution in [2.45, 2.75) is 58.1 Å². The predicted molar refractivity (Wildman–Crippen MR) is 105 cm³/mol. The van der Waals surface area contributed by atoms with Crippen molar-refractivity contribution >= 4 is 23.8 Å². The highest BCUT2D eigenvalue weighted by Crippen LogP contribution is 2.26. The van der Waals surface area contributed by atoms with Crippen molar-refractivity contribution in [3.05, 3.63) is 0 Å². The average Bonchev–Trinajstić information content (AvgIpc) is 2.90. The number of urea groups is 1. The molecule has 9 heteroatoms. The van der Waals surface area contributed by atoms with Crippen LogP contribution in [0.15, 0.2) is 0 Å². The summed E-state index contributed by atoms with van der Waals surface area (Å²) in [6, 6.07) is -0.901. The van der Waals surface area contributed by atoms with Gasteiger partial charge in [0.25, 0.3) is 0 Å². The number of imide groups is 2. The first-order valence-corrected chi connectivity index (χ1v) is 10.7. The largest absolute Gasteiger partial charge is 0.374 e. The van der Waals surface area contributed by atoms with Gasteiger partial charge in [-0.1, -0.05) is 33.1 Å². The summed E-state index contributed by atoms with van der Waals surface area (Å²) >= 11 is 0. The van der Waals surface area contributed by atoms with Crippen molar-refractivity contribution < 1.29 is 23.9 Å². The number of nitrogens with zero attached hydrogens (tertiary/aromatic N) is 3. The SMILES string of the molecule is CC(C)CN1CCOC(CNC(=O)CN2C(=O)C(=O)N(C3CCCCC3)C2=O)C1. The number of ether oxygens (including phenoxy) is 1. The van der Waals surface area contributed by atoms with Crippen LogP contribution in [0.1, 0.15) is 46.0 Å². The number of carbonyl (C=O) groups is 4. The lowest BCUT2D eigenvalue weighted by molar-refractivity contribution is -0.144. The molecule has 2 aliphatic heterocycles. The van der Waals surface area contributed by atoms with Gasteiger partial charge in [0.15, 0.2) is 0 Å². The second-order valence-corrected chi connectivity index (χ2v) is 8.59. The fourth-order valence-corrected chi connectivity index (χ4v) is 4.34. The summed E-state index contributed by atoms with van der Waals surface area (Å²) in [6.07, 6.45) is 4.26. The maximum absolute atomic E-state index is 12.6. The fraction of sp³-hybridized carbons (Fsp3) is 0.800. The Labute approximate surface area is 171 Å². The maximum atomic E-state index is 12.6. The van der Waals surface area contributed by atoms with Crippen LogP contribution in [0.4, 0.5) is 4.79 Å². The number of rotatable bonds is 7. The van der Waals surface area contributed by atoms with E-state index in [1.807, 2.05) is 0 Å². The molecule has 9 nitrogen and oxygen atoms in total. The highest BCUT2D eigenvalue weighted by atomic mass is 16.5. The van der Waals surface area contributed by atoms with Gasteiger partial charge < -0.3 is 10.1 Å². The Bertz CT molecular complexity index is 647. The molecule has 1 N–H and O–H groups in total. The summed E-state index contributed by atoms with van der Waals surface area (Å²) in [4.78, 5) is 53.6. The van der Waals surface area contributed by atoms with E-state index in [2.05, 4.69) is 24.1 Å². The van der Waals surface area contributed by atoms with E-state index in [1.54, 1.807) is 0 Å². The minimum absolute atomic E-state index is 0.128. The summed E-state index contributed by atoms with van der Waals surface area (Å²) in [5.41, 5.74) is 0. The molecule has 3 rings (SSSR count). The third kappa shape index (κ3) is 5.33. The van der Waals surface area contributed by atoms with Crippen LogP contribution in [-0.4, -0.2) is 89.9 Å². The fourth-order valence-electron chi connectivity index (χ4n) is 4.34. The normalized spacial score (nSPS) is 24.7. The zero-order valence-electron chi connectivity index (χ0n) is 17.4. The van der Waals surface area contributed by atoms with Crippen LogP contribution in [0.2, 0.25) is 0 Å². The first-order valence-electron chi connectivity index (χ1n) is 10.7. The number of amides is 5. The van der Waals surface area contributed by atoms with E-state index in [1.165, 1.54) is 0 Å². The lowest BCUT2D eigenvalue weighted by Crippen LogP contribution is -2.50. The van der Waals surface area contributed by atoms with Crippen LogP contribution in [-0.2, 0) is 19.1 Å². The van der Waals surface area contributed by atoms with Crippen LogP contribution in [0.5, 0.6) is 0 Å². The molecule has 0 bridgehead atoms. The lowest BCUT2D eigenvalue weighted by atomic mass is 9.94. The minimum atomic E-state index is -0.909. The van der Waals surface area contributed by atoms with Gasteiger partial charge in [-0.2, -0.15) is 0 Å². The summed E-state index contributed by atoms with van der Waals surface area (Å²) < 4.78 is 5.70. The van der Waals surface area contributed by atoms with E-state index in [4.69, 9.17) is 4.74 Å². The summed E-state index contributed by atoms with van der Waals surface area (Å²) in [5.74, 6) is -1.63. The Hall–Kier alpha value is -2.00. The molecule has 1 atom stereocenters. The third-order valence-electron chi connectivity index (χ3n) is 5.70. The van der Waals surface area contributed by atoms with Crippen molar-refractivity contribution in [2.24, 2.45) is 5.92 Å². The molecule has 5 amide bonds. The zero-order chi connectivity index (χ0) is 21.0. The number of hydrogen-bond donors (Lipinski definition) is 1. The summed E-state index contributed by atoms with van der Waals surface area (Å²) in [5, 5.41) is 2.74. The molecule has 2 heterocycles. The van der Waals surface area contributed by atoms with Gasteiger partial charge in [-0.3, -0.25) is 24.2 Å². The van der Waals surface area contributed by atoms with Gasteiger partial charge in [-0.25, -0.2) is 9.69 Å². The Morgan fingerprint density at radius 3 is 2.55 bits per heavy atom. The first kappa shape index (κ1) is 21.7. The van der Waals surface area contributed by atoms with E-state index in [0.29, 0.717) is 19.1 Å². The van der Waals surface area contributed by atoms with Crippen LogP contribution in [0.3, 0.4) is 0 Å². The van der Waals surface area contributed by atoms with Gasteiger partial charge in [0.1, 0.15) is 6.54 Å². The lowest BCUT2D eigenvalue weighted by Gasteiger charge is -2.34. The zero-order valence-corrected chi connectivity index (χ0v) is 17.4. The van der Waals surface area contributed by atoms with Gasteiger partial charge >= 0.3 is 17.8 Å². The molecular weight excluding hydrogens is 376 g/mol. The number of nitrogens with one attached hydrogen (secondary N) is 1. The third-order valence-corrected chi connectivity index (χ3v) is 5.70. The Morgan fingerprint density at radius 2 is 1.86 bits per heavy atom. The van der Waals surface area contributed by atoms with Crippen LogP contribution in [0.25, 0.3) is 0 Å². The predicted octanol–water partition coefficient (Wildman–Crippen LogP) is 0.583. The van der Waals surface area contributed by atoms with Gasteiger partial charge in [0, 0.05) is 32.2 Å². The molecule has 0 radical (unpaired) electrons. The first-order chi connectivity index (χ1) is 13.9. The Morgan fingerprint density at radius 1 is 1.14 bits per heavy atom. The molecular formula is C20H32N4O5. The Kier molecular flexibility index (Phi) is 7.23. The quantitative estimate of drug-likeness (QED) is 0.489. The molecule has 3 fully saturated rings. The van der Waals surface area contributed by atoms with Gasteiger partial charge in [-0.05, 0) is 18.8 Å². The summed E-state index contributed by atoms with van der Waals surface area (Å²) in [7, 11) is 0. The molecule has 1 aliphatic carbocycles. The molecule has 0 aromatic carbocycles. The molecule has 0 aromatic heterocycles. The minimum Gasteiger partial charge on any atom is -0.374 e. The number of carbonyl (C=O) groups excluding carboxylic acids is 4. The molecule has 1 saturated carbocycles. The average molecular weight is 408 g/mol. The van der Waals surface area contributed by atoms with Gasteiger partial charge in [0.2, 0.25) is 5.91 Å². The second kappa shape index (κ2) is 9.67. The van der Waals surface area contributed by atoms with Crippen molar-refractivity contribution in [3.8, 4) is 0 Å². The molecule has 2 saturated heterocycles. The van der Waals surface area contributed by atoms with E-state index in [9.17, 15) is 19.2 Å². The smallest absolute Gasteiger partial charge is 0.334 e.